The van der Waals surface area contributed by atoms with E-state index in [1.54, 1.807) is 7.11 Å². The highest BCUT2D eigenvalue weighted by atomic mass is 16.5. The molecule has 0 saturated heterocycles. The number of aryl methyl sites for hydroxylation is 2. The molecule has 0 spiro atoms. The van der Waals surface area contributed by atoms with E-state index in [2.05, 4.69) is 36.5 Å². The molecule has 21 heavy (non-hydrogen) atoms. The molecule has 2 rings (SSSR count). The fourth-order valence-corrected chi connectivity index (χ4v) is 2.79. The molecule has 1 N–H and O–H groups in total. The number of methoxy groups -OCH3 is 1. The van der Waals surface area contributed by atoms with Gasteiger partial charge < -0.3 is 14.6 Å². The van der Waals surface area contributed by atoms with Gasteiger partial charge in [0.05, 0.1) is 12.8 Å². The van der Waals surface area contributed by atoms with Crippen molar-refractivity contribution in [1.29, 1.82) is 0 Å². The lowest BCUT2D eigenvalue weighted by Gasteiger charge is -2.20. The maximum absolute atomic E-state index is 5.24. The summed E-state index contributed by atoms with van der Waals surface area (Å²) < 4.78 is 10.4. The molecule has 2 unspecified atom stereocenters. The van der Waals surface area contributed by atoms with Crippen LogP contribution in [0.4, 0.5) is 0 Å². The average molecular weight is 288 g/mol. The largest absolute Gasteiger partial charge is 0.497 e. The highest BCUT2D eigenvalue weighted by molar-refractivity contribution is 5.28. The Kier molecular flexibility index (Phi) is 5.02. The minimum Gasteiger partial charge on any atom is -0.497 e. The van der Waals surface area contributed by atoms with E-state index in [1.165, 1.54) is 5.56 Å². The highest BCUT2D eigenvalue weighted by Gasteiger charge is 2.18. The smallest absolute Gasteiger partial charge is 0.138 e. The molecule has 4 heteroatoms. The average Bonchev–Trinajstić information content (AvgIpc) is 2.78. The van der Waals surface area contributed by atoms with Gasteiger partial charge in [0.1, 0.15) is 11.5 Å². The second-order valence-electron chi connectivity index (χ2n) is 5.58. The van der Waals surface area contributed by atoms with E-state index in [0.717, 1.165) is 29.2 Å². The first-order chi connectivity index (χ1) is 10.0. The molecule has 0 saturated carbocycles. The molecule has 0 fully saturated rings. The van der Waals surface area contributed by atoms with E-state index in [-0.39, 0.29) is 6.04 Å². The number of hydrogen-bond acceptors (Lipinski definition) is 4. The van der Waals surface area contributed by atoms with Crippen LogP contribution in [0.5, 0.6) is 5.75 Å². The highest BCUT2D eigenvalue weighted by Crippen LogP contribution is 2.22. The number of benzene rings is 1. The fourth-order valence-electron chi connectivity index (χ4n) is 2.79. The van der Waals surface area contributed by atoms with Gasteiger partial charge in [-0.05, 0) is 51.8 Å². The molecule has 4 nitrogen and oxygen atoms in total. The van der Waals surface area contributed by atoms with Gasteiger partial charge in [0.2, 0.25) is 0 Å². The molecule has 0 amide bonds. The Hall–Kier alpha value is -1.81. The van der Waals surface area contributed by atoms with Gasteiger partial charge in [0, 0.05) is 17.6 Å². The monoisotopic (exact) mass is 288 g/mol. The fraction of sp³-hybridized carbons (Fsp3) is 0.471. The van der Waals surface area contributed by atoms with Crippen LogP contribution in [0.3, 0.4) is 0 Å². The third kappa shape index (κ3) is 3.85. The van der Waals surface area contributed by atoms with Gasteiger partial charge >= 0.3 is 0 Å². The number of nitrogens with one attached hydrogen (secondary N) is 1. The Labute approximate surface area is 126 Å². The van der Waals surface area contributed by atoms with Crippen molar-refractivity contribution in [3.63, 3.8) is 0 Å². The van der Waals surface area contributed by atoms with Crippen LogP contribution < -0.4 is 10.1 Å². The van der Waals surface area contributed by atoms with Gasteiger partial charge in [-0.15, -0.1) is 0 Å². The van der Waals surface area contributed by atoms with Gasteiger partial charge in [-0.2, -0.15) is 0 Å². The lowest BCUT2D eigenvalue weighted by molar-refractivity contribution is 0.389. The topological polar surface area (TPSA) is 47.3 Å². The summed E-state index contributed by atoms with van der Waals surface area (Å²) in [6.07, 6.45) is 0.970. The van der Waals surface area contributed by atoms with Crippen molar-refractivity contribution in [1.82, 2.24) is 10.5 Å². The first-order valence-electron chi connectivity index (χ1n) is 7.33. The van der Waals surface area contributed by atoms with Crippen molar-refractivity contribution < 1.29 is 9.26 Å². The van der Waals surface area contributed by atoms with Crippen LogP contribution in [0.1, 0.15) is 42.5 Å². The third-order valence-electron chi connectivity index (χ3n) is 3.76. The standard InChI is InChI=1S/C17H24N2O2/c1-11(10-15-6-8-16(20-5)9-7-15)18-12(2)17-13(3)19-21-14(17)4/h6-9,11-12,18H,10H2,1-5H3. The predicted molar refractivity (Wildman–Crippen MR) is 83.7 cm³/mol. The summed E-state index contributed by atoms with van der Waals surface area (Å²) in [5.74, 6) is 1.78. The predicted octanol–water partition coefficient (Wildman–Crippen LogP) is 3.58. The molecular weight excluding hydrogens is 264 g/mol. The SMILES string of the molecule is COc1ccc(CC(C)NC(C)c2c(C)noc2C)cc1. The first-order valence-corrected chi connectivity index (χ1v) is 7.33. The Morgan fingerprint density at radius 1 is 1.19 bits per heavy atom. The second kappa shape index (κ2) is 6.76. The molecule has 0 aliphatic carbocycles. The molecule has 0 radical (unpaired) electrons. The zero-order valence-corrected chi connectivity index (χ0v) is 13.4. The number of nitrogens with zero attached hydrogens (tertiary/aromatic N) is 1. The molecule has 0 bridgehead atoms. The summed E-state index contributed by atoms with van der Waals surface area (Å²) >= 11 is 0. The quantitative estimate of drug-likeness (QED) is 0.882. The van der Waals surface area contributed by atoms with Crippen molar-refractivity contribution in [3.8, 4) is 5.75 Å². The summed E-state index contributed by atoms with van der Waals surface area (Å²) in [6.45, 7) is 8.29. The van der Waals surface area contributed by atoms with Gasteiger partial charge in [-0.1, -0.05) is 17.3 Å². The van der Waals surface area contributed by atoms with Crippen molar-refractivity contribution in [2.45, 2.75) is 46.2 Å². The summed E-state index contributed by atoms with van der Waals surface area (Å²) in [7, 11) is 1.69. The van der Waals surface area contributed by atoms with Crippen LogP contribution in [0.15, 0.2) is 28.8 Å². The molecule has 2 atom stereocenters. The lowest BCUT2D eigenvalue weighted by atomic mass is 10.0. The van der Waals surface area contributed by atoms with Crippen molar-refractivity contribution in [2.24, 2.45) is 0 Å². The van der Waals surface area contributed by atoms with Crippen LogP contribution in [0, 0.1) is 13.8 Å². The third-order valence-corrected chi connectivity index (χ3v) is 3.76. The summed E-state index contributed by atoms with van der Waals surface area (Å²) in [5.41, 5.74) is 3.42. The maximum atomic E-state index is 5.24. The molecule has 1 aromatic carbocycles. The Balaban J connectivity index is 1.96. The maximum Gasteiger partial charge on any atom is 0.138 e. The van der Waals surface area contributed by atoms with Gasteiger partial charge in [0.15, 0.2) is 0 Å². The van der Waals surface area contributed by atoms with Crippen molar-refractivity contribution in [3.05, 3.63) is 46.8 Å². The van der Waals surface area contributed by atoms with Crippen molar-refractivity contribution >= 4 is 0 Å². The van der Waals surface area contributed by atoms with E-state index in [0.29, 0.717) is 6.04 Å². The minimum atomic E-state index is 0.226. The van der Waals surface area contributed by atoms with Crippen LogP contribution in [0.25, 0.3) is 0 Å². The zero-order valence-electron chi connectivity index (χ0n) is 13.4. The molecule has 1 heterocycles. The molecule has 114 valence electrons. The van der Waals surface area contributed by atoms with Gasteiger partial charge in [-0.25, -0.2) is 0 Å². The summed E-state index contributed by atoms with van der Waals surface area (Å²) in [5, 5.41) is 7.63. The summed E-state index contributed by atoms with van der Waals surface area (Å²) in [6, 6.07) is 8.81. The van der Waals surface area contributed by atoms with Crippen LogP contribution in [-0.2, 0) is 6.42 Å². The first kappa shape index (κ1) is 15.6. The van der Waals surface area contributed by atoms with E-state index in [4.69, 9.17) is 9.26 Å². The molecule has 0 aliphatic heterocycles. The van der Waals surface area contributed by atoms with E-state index in [1.807, 2.05) is 26.0 Å². The number of hydrogen-bond donors (Lipinski definition) is 1. The van der Waals surface area contributed by atoms with Gasteiger partial charge in [0.25, 0.3) is 0 Å². The van der Waals surface area contributed by atoms with E-state index >= 15 is 0 Å². The molecule has 1 aromatic heterocycles. The van der Waals surface area contributed by atoms with Crippen LogP contribution in [0.2, 0.25) is 0 Å². The Morgan fingerprint density at radius 2 is 1.86 bits per heavy atom. The van der Waals surface area contributed by atoms with Crippen molar-refractivity contribution in [2.75, 3.05) is 7.11 Å². The Morgan fingerprint density at radius 3 is 2.38 bits per heavy atom. The minimum absolute atomic E-state index is 0.226. The van der Waals surface area contributed by atoms with E-state index in [9.17, 15) is 0 Å². The van der Waals surface area contributed by atoms with Crippen LogP contribution >= 0.6 is 0 Å². The second-order valence-corrected chi connectivity index (χ2v) is 5.58. The lowest BCUT2D eigenvalue weighted by Crippen LogP contribution is -2.31. The summed E-state index contributed by atoms with van der Waals surface area (Å²) in [4.78, 5) is 0. The normalized spacial score (nSPS) is 14.0. The molecule has 2 aromatic rings. The number of rotatable bonds is 6. The Bertz CT molecular complexity index is 555. The van der Waals surface area contributed by atoms with Gasteiger partial charge in [-0.3, -0.25) is 0 Å². The molecule has 0 aliphatic rings. The number of aromatic nitrogens is 1. The zero-order chi connectivity index (χ0) is 15.4. The van der Waals surface area contributed by atoms with E-state index < -0.39 is 0 Å². The van der Waals surface area contributed by atoms with Crippen LogP contribution in [-0.4, -0.2) is 18.3 Å². The molecular formula is C17H24N2O2. The number of ether oxygens (including phenoxy) is 1.